The molecule has 274 valence electrons. The van der Waals surface area contributed by atoms with Crippen molar-refractivity contribution in [3.63, 3.8) is 0 Å². The summed E-state index contributed by atoms with van der Waals surface area (Å²) in [5, 5.41) is 15.4. The van der Waals surface area contributed by atoms with Gasteiger partial charge in [0.2, 0.25) is 11.8 Å². The van der Waals surface area contributed by atoms with Crippen LogP contribution in [0.15, 0.2) is 72.8 Å². The summed E-state index contributed by atoms with van der Waals surface area (Å²) in [7, 11) is 0. The van der Waals surface area contributed by atoms with E-state index in [2.05, 4.69) is 15.5 Å². The molecule has 3 aromatic rings. The third-order valence-electron chi connectivity index (χ3n) is 10.0. The molecule has 5 N–H and O–H groups in total. The Labute approximate surface area is 300 Å². The smallest absolute Gasteiger partial charge is 0.224 e. The van der Waals surface area contributed by atoms with Crippen LogP contribution in [0.4, 0.5) is 11.4 Å². The maximum Gasteiger partial charge on any atom is 0.224 e. The summed E-state index contributed by atoms with van der Waals surface area (Å²) in [6, 6.07) is 23.2. The van der Waals surface area contributed by atoms with E-state index in [9.17, 15) is 14.7 Å². The minimum absolute atomic E-state index is 0.00480. The molecule has 0 unspecified atom stereocenters. The van der Waals surface area contributed by atoms with Gasteiger partial charge in [0.1, 0.15) is 0 Å². The number of nitrogens with zero attached hydrogens (tertiary/aromatic N) is 1. The van der Waals surface area contributed by atoms with Gasteiger partial charge in [0, 0.05) is 63.8 Å². The lowest BCUT2D eigenvalue weighted by atomic mass is 9.98. The first-order chi connectivity index (χ1) is 24.9. The predicted molar refractivity (Wildman–Crippen MR) is 194 cm³/mol. The number of anilines is 2. The van der Waals surface area contributed by atoms with Gasteiger partial charge < -0.3 is 45.3 Å². The van der Waals surface area contributed by atoms with Gasteiger partial charge in [-0.1, -0.05) is 73.5 Å². The third-order valence-corrected chi connectivity index (χ3v) is 10.0. The molecule has 3 fully saturated rings. The number of likely N-dealkylation sites (tertiary alicyclic amines) is 1. The topological polar surface area (TPSA) is 145 Å². The van der Waals surface area contributed by atoms with Crippen molar-refractivity contribution in [1.82, 2.24) is 10.2 Å². The Morgan fingerprint density at radius 1 is 0.804 bits per heavy atom. The minimum atomic E-state index is -0.532. The summed E-state index contributed by atoms with van der Waals surface area (Å²) in [6.07, 6.45) is 5.93. The number of piperidine rings is 1. The SMILES string of the molecule is Nc1ccccc1NC(=O)CCCCCCC(=O)NCc1ccc([C@H]2O[C@@H](CN3CCC4(CC3)OCCO4)C[C@@H](c3ccc(CO)cc3)O2)cc1. The van der Waals surface area contributed by atoms with Crippen molar-refractivity contribution in [2.45, 2.75) is 95.2 Å². The van der Waals surface area contributed by atoms with Gasteiger partial charge in [-0.05, 0) is 41.7 Å². The molecule has 1 spiro atoms. The van der Waals surface area contributed by atoms with E-state index in [1.54, 1.807) is 12.1 Å². The zero-order valence-corrected chi connectivity index (χ0v) is 29.4. The molecule has 0 saturated carbocycles. The van der Waals surface area contributed by atoms with Gasteiger partial charge in [0.25, 0.3) is 0 Å². The number of ether oxygens (including phenoxy) is 4. The molecule has 3 heterocycles. The number of aliphatic hydroxyl groups excluding tert-OH is 1. The molecule has 3 aromatic carbocycles. The molecule has 51 heavy (non-hydrogen) atoms. The van der Waals surface area contributed by atoms with Gasteiger partial charge in [-0.2, -0.15) is 0 Å². The number of nitrogens with two attached hydrogens (primary N) is 1. The lowest BCUT2D eigenvalue weighted by Gasteiger charge is -2.41. The maximum absolute atomic E-state index is 12.5. The summed E-state index contributed by atoms with van der Waals surface area (Å²) in [5.74, 6) is -0.441. The van der Waals surface area contributed by atoms with E-state index in [1.165, 1.54) is 0 Å². The molecule has 0 bridgehead atoms. The van der Waals surface area contributed by atoms with Crippen LogP contribution in [0.2, 0.25) is 0 Å². The van der Waals surface area contributed by atoms with E-state index >= 15 is 0 Å². The first-order valence-electron chi connectivity index (χ1n) is 18.4. The van der Waals surface area contributed by atoms with E-state index in [0.29, 0.717) is 44.0 Å². The normalized spacial score (nSPS) is 21.8. The molecule has 6 rings (SSSR count). The minimum Gasteiger partial charge on any atom is -0.397 e. The summed E-state index contributed by atoms with van der Waals surface area (Å²) < 4.78 is 25.0. The van der Waals surface area contributed by atoms with Gasteiger partial charge in [-0.15, -0.1) is 0 Å². The molecule has 3 aliphatic heterocycles. The molecular formula is C40H52N4O7. The van der Waals surface area contributed by atoms with Gasteiger partial charge in [0.15, 0.2) is 12.1 Å². The van der Waals surface area contributed by atoms with Crippen molar-refractivity contribution < 1.29 is 33.6 Å². The van der Waals surface area contributed by atoms with Crippen LogP contribution in [0.1, 0.15) is 92.4 Å². The predicted octanol–water partition coefficient (Wildman–Crippen LogP) is 5.74. The number of hydrogen-bond acceptors (Lipinski definition) is 9. The second-order valence-electron chi connectivity index (χ2n) is 13.8. The van der Waals surface area contributed by atoms with Crippen molar-refractivity contribution in [3.05, 3.63) is 95.1 Å². The Morgan fingerprint density at radius 3 is 2.14 bits per heavy atom. The highest BCUT2D eigenvalue weighted by Crippen LogP contribution is 2.39. The van der Waals surface area contributed by atoms with Crippen LogP contribution < -0.4 is 16.4 Å². The summed E-state index contributed by atoms with van der Waals surface area (Å²) in [4.78, 5) is 27.2. The largest absolute Gasteiger partial charge is 0.397 e. The average molecular weight is 701 g/mol. The number of amides is 2. The summed E-state index contributed by atoms with van der Waals surface area (Å²) in [5.41, 5.74) is 10.9. The Hall–Kier alpha value is -3.84. The van der Waals surface area contributed by atoms with Crippen molar-refractivity contribution in [3.8, 4) is 0 Å². The number of unbranched alkanes of at least 4 members (excludes halogenated alkanes) is 3. The van der Waals surface area contributed by atoms with Crippen molar-refractivity contribution >= 4 is 23.2 Å². The number of carbonyl (C=O) groups excluding carboxylic acids is 2. The zero-order chi connectivity index (χ0) is 35.5. The molecule has 2 amide bonds. The van der Waals surface area contributed by atoms with Gasteiger partial charge in [-0.25, -0.2) is 0 Å². The number of carbonyl (C=O) groups is 2. The van der Waals surface area contributed by atoms with Crippen molar-refractivity contribution in [1.29, 1.82) is 0 Å². The van der Waals surface area contributed by atoms with E-state index in [4.69, 9.17) is 24.7 Å². The van der Waals surface area contributed by atoms with Crippen molar-refractivity contribution in [2.24, 2.45) is 0 Å². The molecule has 11 nitrogen and oxygen atoms in total. The molecule has 3 saturated heterocycles. The lowest BCUT2D eigenvalue weighted by Crippen LogP contribution is -2.48. The van der Waals surface area contributed by atoms with Crippen LogP contribution in [-0.4, -0.2) is 66.6 Å². The third kappa shape index (κ3) is 10.6. The fraction of sp³-hybridized carbons (Fsp3) is 0.500. The Balaban J connectivity index is 0.943. The Bertz CT molecular complexity index is 1550. The summed E-state index contributed by atoms with van der Waals surface area (Å²) >= 11 is 0. The zero-order valence-electron chi connectivity index (χ0n) is 29.4. The van der Waals surface area contributed by atoms with Crippen molar-refractivity contribution in [2.75, 3.05) is 43.9 Å². The number of para-hydroxylation sites is 2. The van der Waals surface area contributed by atoms with E-state index < -0.39 is 12.1 Å². The van der Waals surface area contributed by atoms with Crippen LogP contribution in [0, 0.1) is 0 Å². The standard InChI is InChI=1S/C40H52N4O7/c41-34-7-5-6-8-35(34)43-38(47)10-4-2-1-3-9-37(46)42-26-29-11-17-32(18-12-29)39-50-33(25-36(51-39)31-15-13-30(28-45)14-16-31)27-44-21-19-40(20-22-44)48-23-24-49-40/h5-8,11-18,33,36,39,45H,1-4,9-10,19-28,41H2,(H,42,46)(H,43,47)/t33-,36+,39+/m1/s1. The van der Waals surface area contributed by atoms with Crippen LogP contribution in [0.25, 0.3) is 0 Å². The number of hydrogen-bond donors (Lipinski definition) is 4. The number of benzene rings is 3. The maximum atomic E-state index is 12.5. The highest BCUT2D eigenvalue weighted by atomic mass is 16.7. The van der Waals surface area contributed by atoms with E-state index in [-0.39, 0.29) is 30.6 Å². The van der Waals surface area contributed by atoms with Crippen LogP contribution in [0.5, 0.6) is 0 Å². The molecule has 0 radical (unpaired) electrons. The van der Waals surface area contributed by atoms with Crippen LogP contribution >= 0.6 is 0 Å². The van der Waals surface area contributed by atoms with E-state index in [0.717, 1.165) is 86.8 Å². The molecular weight excluding hydrogens is 648 g/mol. The first-order valence-corrected chi connectivity index (χ1v) is 18.4. The summed E-state index contributed by atoms with van der Waals surface area (Å²) in [6.45, 7) is 4.38. The lowest BCUT2D eigenvalue weighted by molar-refractivity contribution is -0.255. The fourth-order valence-electron chi connectivity index (χ4n) is 7.01. The van der Waals surface area contributed by atoms with E-state index in [1.807, 2.05) is 60.7 Å². The first kappa shape index (κ1) is 36.9. The number of rotatable bonds is 15. The van der Waals surface area contributed by atoms with Gasteiger partial charge in [-0.3, -0.25) is 9.59 Å². The quantitative estimate of drug-likeness (QED) is 0.115. The second kappa shape index (κ2) is 18.1. The van der Waals surface area contributed by atoms with Crippen LogP contribution in [-0.2, 0) is 41.7 Å². The molecule has 0 aliphatic carbocycles. The number of nitrogen functional groups attached to an aromatic ring is 1. The monoisotopic (exact) mass is 700 g/mol. The average Bonchev–Trinajstić information content (AvgIpc) is 3.62. The van der Waals surface area contributed by atoms with Gasteiger partial charge in [0.05, 0.1) is 43.4 Å². The Morgan fingerprint density at radius 2 is 1.45 bits per heavy atom. The highest BCUT2D eigenvalue weighted by molar-refractivity contribution is 5.93. The molecule has 3 aliphatic rings. The Kier molecular flexibility index (Phi) is 13.1. The highest BCUT2D eigenvalue weighted by Gasteiger charge is 2.41. The molecule has 11 heteroatoms. The van der Waals surface area contributed by atoms with Crippen LogP contribution in [0.3, 0.4) is 0 Å². The molecule has 3 atom stereocenters. The molecule has 0 aromatic heterocycles. The number of nitrogens with one attached hydrogen (secondary N) is 2. The number of aliphatic hydroxyl groups is 1. The fourth-order valence-corrected chi connectivity index (χ4v) is 7.01. The second-order valence-corrected chi connectivity index (χ2v) is 13.8. The van der Waals surface area contributed by atoms with Gasteiger partial charge >= 0.3 is 0 Å².